The molecule has 1 aromatic heterocycles. The Morgan fingerprint density at radius 3 is 2.86 bits per heavy atom. The minimum absolute atomic E-state index is 0.439. The first kappa shape index (κ1) is 23.9. The van der Waals surface area contributed by atoms with Crippen LogP contribution in [0.3, 0.4) is 0 Å². The number of thiazole rings is 1. The molecule has 28 heavy (non-hydrogen) atoms. The van der Waals surface area contributed by atoms with Crippen LogP contribution in [0.4, 0.5) is 4.79 Å². The van der Waals surface area contributed by atoms with Gasteiger partial charge in [-0.2, -0.15) is 0 Å². The average molecular weight is 405 g/mol. The van der Waals surface area contributed by atoms with Crippen molar-refractivity contribution < 1.29 is 14.6 Å². The summed E-state index contributed by atoms with van der Waals surface area (Å²) in [5, 5.41) is 16.3. The van der Waals surface area contributed by atoms with Crippen molar-refractivity contribution in [2.75, 3.05) is 13.7 Å². The number of aromatic nitrogens is 1. The van der Waals surface area contributed by atoms with E-state index >= 15 is 0 Å². The minimum Gasteiger partial charge on any atom is -0.453 e. The number of nitrogens with one attached hydrogen (secondary N) is 1. The van der Waals surface area contributed by atoms with Crippen LogP contribution in [-0.4, -0.2) is 35.9 Å². The predicted octanol–water partition coefficient (Wildman–Crippen LogP) is 4.71. The highest BCUT2D eigenvalue weighted by molar-refractivity contribution is 7.09. The molecule has 6 heteroatoms. The smallest absolute Gasteiger partial charge is 0.406 e. The number of aliphatic hydroxyl groups is 1. The largest absolute Gasteiger partial charge is 0.453 e. The van der Waals surface area contributed by atoms with Crippen molar-refractivity contribution in [1.82, 2.24) is 10.3 Å². The van der Waals surface area contributed by atoms with E-state index in [4.69, 9.17) is 4.98 Å². The van der Waals surface area contributed by atoms with Crippen LogP contribution in [0.15, 0.2) is 54.5 Å². The number of rotatable bonds is 12. The zero-order chi connectivity index (χ0) is 21.0. The molecule has 2 N–H and O–H groups in total. The van der Waals surface area contributed by atoms with Gasteiger partial charge in [-0.1, -0.05) is 56.4 Å². The number of carbonyl (C=O) groups excluding carboxylic acids is 1. The monoisotopic (exact) mass is 404 g/mol. The van der Waals surface area contributed by atoms with Crippen LogP contribution in [0.1, 0.15) is 43.8 Å². The molecule has 1 heterocycles. The van der Waals surface area contributed by atoms with Gasteiger partial charge in [0.15, 0.2) is 0 Å². The van der Waals surface area contributed by atoms with Gasteiger partial charge in [0.05, 0.1) is 18.9 Å². The SMILES string of the molecule is C=CC/C=C/Cc1csc(C(C)(C)C(O)C/C=C/C(=C)CCNC(=O)OC)n1. The Morgan fingerprint density at radius 2 is 2.18 bits per heavy atom. The fraction of sp³-hybridized carbons (Fsp3) is 0.455. The van der Waals surface area contributed by atoms with Gasteiger partial charge in [0.1, 0.15) is 5.01 Å². The van der Waals surface area contributed by atoms with Gasteiger partial charge in [0.2, 0.25) is 0 Å². The summed E-state index contributed by atoms with van der Waals surface area (Å²) in [5.74, 6) is 0. The number of methoxy groups -OCH3 is 1. The molecule has 0 radical (unpaired) electrons. The molecule has 0 bridgehead atoms. The average Bonchev–Trinajstić information content (AvgIpc) is 3.14. The van der Waals surface area contributed by atoms with Crippen molar-refractivity contribution >= 4 is 17.4 Å². The molecule has 0 saturated heterocycles. The van der Waals surface area contributed by atoms with E-state index in [1.54, 1.807) is 11.3 Å². The van der Waals surface area contributed by atoms with Gasteiger partial charge in [-0.25, -0.2) is 9.78 Å². The second-order valence-corrected chi connectivity index (χ2v) is 7.90. The molecule has 0 fully saturated rings. The summed E-state index contributed by atoms with van der Waals surface area (Å²) in [5.41, 5.74) is 1.46. The number of ether oxygens (including phenoxy) is 1. The lowest BCUT2D eigenvalue weighted by Crippen LogP contribution is -2.33. The number of hydrogen-bond donors (Lipinski definition) is 2. The summed E-state index contributed by atoms with van der Waals surface area (Å²) < 4.78 is 4.51. The molecular formula is C22H32N2O3S. The molecule has 1 rings (SSSR count). The Bertz CT molecular complexity index is 704. The first-order valence-electron chi connectivity index (χ1n) is 9.36. The Balaban J connectivity index is 2.52. The molecule has 0 aliphatic heterocycles. The molecular weight excluding hydrogens is 372 g/mol. The predicted molar refractivity (Wildman–Crippen MR) is 117 cm³/mol. The summed E-state index contributed by atoms with van der Waals surface area (Å²) in [7, 11) is 1.33. The molecule has 0 aliphatic rings. The van der Waals surface area contributed by atoms with Crippen molar-refractivity contribution in [3.05, 3.63) is 65.2 Å². The highest BCUT2D eigenvalue weighted by atomic mass is 32.1. The third kappa shape index (κ3) is 8.23. The maximum atomic E-state index is 11.0. The van der Waals surface area contributed by atoms with Gasteiger partial charge in [0, 0.05) is 23.8 Å². The molecule has 5 nitrogen and oxygen atoms in total. The normalized spacial score (nSPS) is 13.0. The summed E-state index contributed by atoms with van der Waals surface area (Å²) in [6.45, 7) is 12.1. The summed E-state index contributed by atoms with van der Waals surface area (Å²) in [4.78, 5) is 15.7. The van der Waals surface area contributed by atoms with Crippen LogP contribution in [0.2, 0.25) is 0 Å². The lowest BCUT2D eigenvalue weighted by Gasteiger charge is -2.27. The molecule has 154 valence electrons. The van der Waals surface area contributed by atoms with Gasteiger partial charge in [-0.3, -0.25) is 0 Å². The lowest BCUT2D eigenvalue weighted by molar-refractivity contribution is 0.102. The molecule has 1 aromatic rings. The zero-order valence-electron chi connectivity index (χ0n) is 17.1. The quantitative estimate of drug-likeness (QED) is 0.391. The Kier molecular flexibility index (Phi) is 10.5. The number of carbonyl (C=O) groups is 1. The van der Waals surface area contributed by atoms with Crippen molar-refractivity contribution in [2.45, 2.75) is 51.0 Å². The lowest BCUT2D eigenvalue weighted by atomic mass is 9.85. The van der Waals surface area contributed by atoms with Crippen molar-refractivity contribution in [2.24, 2.45) is 0 Å². The number of amides is 1. The van der Waals surface area contributed by atoms with E-state index in [0.717, 1.165) is 29.1 Å². The number of aliphatic hydroxyl groups excluding tert-OH is 1. The molecule has 0 aliphatic carbocycles. The molecule has 1 amide bonds. The minimum atomic E-state index is -0.556. The van der Waals surface area contributed by atoms with E-state index in [1.807, 2.05) is 37.5 Å². The maximum Gasteiger partial charge on any atom is 0.406 e. The van der Waals surface area contributed by atoms with Gasteiger partial charge < -0.3 is 15.2 Å². The summed E-state index contributed by atoms with van der Waals surface area (Å²) in [6.07, 6.45) is 11.6. The molecule has 0 saturated carbocycles. The highest BCUT2D eigenvalue weighted by Crippen LogP contribution is 2.31. The Morgan fingerprint density at radius 1 is 1.43 bits per heavy atom. The summed E-state index contributed by atoms with van der Waals surface area (Å²) >= 11 is 1.59. The van der Waals surface area contributed by atoms with E-state index < -0.39 is 17.6 Å². The topological polar surface area (TPSA) is 71.5 Å². The fourth-order valence-corrected chi connectivity index (χ4v) is 3.38. The van der Waals surface area contributed by atoms with Gasteiger partial charge in [0.25, 0.3) is 0 Å². The Hall–Kier alpha value is -2.18. The zero-order valence-corrected chi connectivity index (χ0v) is 17.9. The fourth-order valence-electron chi connectivity index (χ4n) is 2.37. The van der Waals surface area contributed by atoms with Crippen LogP contribution < -0.4 is 5.32 Å². The number of alkyl carbamates (subject to hydrolysis) is 1. The van der Waals surface area contributed by atoms with E-state index in [9.17, 15) is 9.90 Å². The van der Waals surface area contributed by atoms with Gasteiger partial charge in [-0.15, -0.1) is 17.9 Å². The molecule has 0 aromatic carbocycles. The third-order valence-electron chi connectivity index (χ3n) is 4.35. The molecule has 0 spiro atoms. The number of hydrogen-bond acceptors (Lipinski definition) is 5. The Labute approximate surface area is 172 Å². The van der Waals surface area contributed by atoms with E-state index in [1.165, 1.54) is 7.11 Å². The van der Waals surface area contributed by atoms with Crippen LogP contribution in [0.25, 0.3) is 0 Å². The standard InChI is InChI=1S/C22H32N2O3S/c1-6-7-8-9-12-18-16-28-20(24-18)22(3,4)19(25)13-10-11-17(2)14-15-23-21(26)27-5/h6,8-11,16,19,25H,1-2,7,12-15H2,3-5H3,(H,23,26)/b9-8+,11-10+. The second kappa shape index (κ2) is 12.3. The molecule has 1 unspecified atom stereocenters. The first-order chi connectivity index (χ1) is 13.3. The number of allylic oxidation sites excluding steroid dienone is 4. The van der Waals surface area contributed by atoms with Crippen LogP contribution in [0.5, 0.6) is 0 Å². The van der Waals surface area contributed by atoms with E-state index in [2.05, 4.69) is 35.4 Å². The van der Waals surface area contributed by atoms with Crippen LogP contribution >= 0.6 is 11.3 Å². The van der Waals surface area contributed by atoms with Gasteiger partial charge >= 0.3 is 6.09 Å². The summed E-state index contributed by atoms with van der Waals surface area (Å²) in [6, 6.07) is 0. The first-order valence-corrected chi connectivity index (χ1v) is 10.2. The van der Waals surface area contributed by atoms with E-state index in [-0.39, 0.29) is 0 Å². The van der Waals surface area contributed by atoms with Crippen LogP contribution in [-0.2, 0) is 16.6 Å². The third-order valence-corrected chi connectivity index (χ3v) is 5.58. The van der Waals surface area contributed by atoms with Crippen LogP contribution in [0, 0.1) is 0 Å². The van der Waals surface area contributed by atoms with E-state index in [0.29, 0.717) is 19.4 Å². The maximum absolute atomic E-state index is 11.0. The van der Waals surface area contributed by atoms with Gasteiger partial charge in [-0.05, 0) is 19.3 Å². The number of nitrogens with zero attached hydrogens (tertiary/aromatic N) is 1. The van der Waals surface area contributed by atoms with Crippen molar-refractivity contribution in [1.29, 1.82) is 0 Å². The van der Waals surface area contributed by atoms with Crippen molar-refractivity contribution in [3.8, 4) is 0 Å². The van der Waals surface area contributed by atoms with Crippen molar-refractivity contribution in [3.63, 3.8) is 0 Å². The highest BCUT2D eigenvalue weighted by Gasteiger charge is 2.32. The molecule has 1 atom stereocenters. The second-order valence-electron chi connectivity index (χ2n) is 7.05.